The fraction of sp³-hybridized carbons (Fsp3) is 0.381. The predicted octanol–water partition coefficient (Wildman–Crippen LogP) is 2.84. The van der Waals surface area contributed by atoms with Gasteiger partial charge in [0.25, 0.3) is 0 Å². The lowest BCUT2D eigenvalue weighted by Crippen LogP contribution is -2.28. The molecule has 2 heterocycles. The van der Waals surface area contributed by atoms with Crippen LogP contribution in [0.2, 0.25) is 0 Å². The molecule has 26 heavy (non-hydrogen) atoms. The first-order valence-corrected chi connectivity index (χ1v) is 9.47. The molecule has 1 N–H and O–H groups in total. The Morgan fingerprint density at radius 2 is 2.04 bits per heavy atom. The van der Waals surface area contributed by atoms with Crippen LogP contribution in [0.25, 0.3) is 10.8 Å². The highest BCUT2D eigenvalue weighted by Gasteiger charge is 2.43. The van der Waals surface area contributed by atoms with Crippen molar-refractivity contribution >= 4 is 16.7 Å². The third-order valence-electron chi connectivity index (χ3n) is 5.66. The number of carbonyl (C=O) groups excluding carboxylic acids is 1. The zero-order valence-electron chi connectivity index (χ0n) is 14.7. The van der Waals surface area contributed by atoms with Gasteiger partial charge in [0.2, 0.25) is 5.91 Å². The first-order valence-electron chi connectivity index (χ1n) is 9.47. The Hall–Kier alpha value is -2.69. The highest BCUT2D eigenvalue weighted by Crippen LogP contribution is 2.48. The van der Waals surface area contributed by atoms with Crippen LogP contribution >= 0.6 is 0 Å². The maximum Gasteiger partial charge on any atom is 0.223 e. The summed E-state index contributed by atoms with van der Waals surface area (Å²) < 4.78 is 2.20. The van der Waals surface area contributed by atoms with Crippen LogP contribution in [0.5, 0.6) is 0 Å². The lowest BCUT2D eigenvalue weighted by Gasteiger charge is -2.06. The largest absolute Gasteiger partial charge is 0.355 e. The molecule has 5 rings (SSSR count). The Morgan fingerprint density at radius 3 is 2.96 bits per heavy atom. The van der Waals surface area contributed by atoms with Gasteiger partial charge in [-0.15, -0.1) is 10.2 Å². The highest BCUT2D eigenvalue weighted by molar-refractivity contribution is 5.85. The molecule has 2 atom stereocenters. The zero-order chi connectivity index (χ0) is 17.5. The van der Waals surface area contributed by atoms with Crippen LogP contribution < -0.4 is 5.32 Å². The summed E-state index contributed by atoms with van der Waals surface area (Å²) in [5.74, 6) is 2.73. The Bertz CT molecular complexity index is 977. The second kappa shape index (κ2) is 6.24. The first-order chi connectivity index (χ1) is 12.8. The molecule has 1 saturated carbocycles. The van der Waals surface area contributed by atoms with Crippen molar-refractivity contribution in [2.24, 2.45) is 5.92 Å². The van der Waals surface area contributed by atoms with Crippen molar-refractivity contribution in [3.63, 3.8) is 0 Å². The number of aromatic nitrogens is 3. The molecule has 0 unspecified atom stereocenters. The van der Waals surface area contributed by atoms with Crippen molar-refractivity contribution in [3.05, 3.63) is 59.7 Å². The van der Waals surface area contributed by atoms with E-state index in [4.69, 9.17) is 0 Å². The summed E-state index contributed by atoms with van der Waals surface area (Å²) in [5, 5.41) is 14.1. The summed E-state index contributed by atoms with van der Waals surface area (Å²) in [6.45, 7) is 1.65. The van der Waals surface area contributed by atoms with Gasteiger partial charge in [-0.1, -0.05) is 42.5 Å². The van der Waals surface area contributed by atoms with Crippen LogP contribution in [-0.4, -0.2) is 27.2 Å². The number of hydrogen-bond donors (Lipinski definition) is 1. The number of nitrogens with one attached hydrogen (secondary N) is 1. The van der Waals surface area contributed by atoms with Gasteiger partial charge in [0.05, 0.1) is 0 Å². The van der Waals surface area contributed by atoms with E-state index in [0.717, 1.165) is 43.9 Å². The van der Waals surface area contributed by atoms with Gasteiger partial charge in [0.15, 0.2) is 0 Å². The SMILES string of the molecule is O=C(NCCc1nnc2n1CCC2)[C@@H]1C[C@H]1c1ccc2ccccc2c1. The standard InChI is InChI=1S/C21H22N4O/c26-21(22-10-9-20-24-23-19-6-3-11-25(19)20)18-13-17(18)16-8-7-14-4-1-2-5-15(14)12-16/h1-2,4-5,7-8,12,17-18H,3,6,9-11,13H2,(H,22,26)/t17-,18+/m0/s1. The average molecular weight is 346 g/mol. The van der Waals surface area contributed by atoms with Crippen LogP contribution in [0.4, 0.5) is 0 Å². The van der Waals surface area contributed by atoms with Crippen LogP contribution in [0.15, 0.2) is 42.5 Å². The molecule has 0 radical (unpaired) electrons. The highest BCUT2D eigenvalue weighted by atomic mass is 16.2. The number of fused-ring (bicyclic) bond motifs is 2. The van der Waals surface area contributed by atoms with Gasteiger partial charge < -0.3 is 9.88 Å². The molecule has 1 aliphatic carbocycles. The van der Waals surface area contributed by atoms with Crippen LogP contribution in [0.3, 0.4) is 0 Å². The van der Waals surface area contributed by atoms with Gasteiger partial charge in [-0.2, -0.15) is 0 Å². The number of benzene rings is 2. The van der Waals surface area contributed by atoms with E-state index in [2.05, 4.69) is 62.5 Å². The number of aryl methyl sites for hydroxylation is 1. The molecule has 2 aliphatic rings. The Kier molecular flexibility index (Phi) is 3.73. The molecule has 5 nitrogen and oxygen atoms in total. The molecule has 1 aromatic heterocycles. The summed E-state index contributed by atoms with van der Waals surface area (Å²) in [6, 6.07) is 14.9. The fourth-order valence-corrected chi connectivity index (χ4v) is 4.12. The summed E-state index contributed by atoms with van der Waals surface area (Å²) in [6.07, 6.45) is 3.88. The molecule has 2 aromatic carbocycles. The lowest BCUT2D eigenvalue weighted by molar-refractivity contribution is -0.122. The Morgan fingerprint density at radius 1 is 1.15 bits per heavy atom. The van der Waals surface area contributed by atoms with E-state index >= 15 is 0 Å². The fourth-order valence-electron chi connectivity index (χ4n) is 4.12. The van der Waals surface area contributed by atoms with Crippen LogP contribution in [-0.2, 0) is 24.2 Å². The average Bonchev–Trinajstić information content (AvgIpc) is 3.18. The molecule has 0 bridgehead atoms. The van der Waals surface area contributed by atoms with E-state index in [1.54, 1.807) is 0 Å². The quantitative estimate of drug-likeness (QED) is 0.773. The summed E-state index contributed by atoms with van der Waals surface area (Å²) in [7, 11) is 0. The molecule has 132 valence electrons. The molecule has 1 aliphatic heterocycles. The van der Waals surface area contributed by atoms with Gasteiger partial charge in [-0.3, -0.25) is 4.79 Å². The van der Waals surface area contributed by atoms with Gasteiger partial charge in [-0.25, -0.2) is 0 Å². The minimum absolute atomic E-state index is 0.111. The molecule has 1 fully saturated rings. The van der Waals surface area contributed by atoms with Crippen molar-refractivity contribution in [1.82, 2.24) is 20.1 Å². The van der Waals surface area contributed by atoms with E-state index < -0.39 is 0 Å². The molecular formula is C21H22N4O. The van der Waals surface area contributed by atoms with Crippen molar-refractivity contribution in [3.8, 4) is 0 Å². The minimum atomic E-state index is 0.111. The second-order valence-corrected chi connectivity index (χ2v) is 7.38. The van der Waals surface area contributed by atoms with Gasteiger partial charge in [0, 0.05) is 31.8 Å². The van der Waals surface area contributed by atoms with Crippen LogP contribution in [0, 0.1) is 5.92 Å². The van der Waals surface area contributed by atoms with Crippen LogP contribution in [0.1, 0.15) is 36.0 Å². The lowest BCUT2D eigenvalue weighted by atomic mass is 10.0. The third kappa shape index (κ3) is 2.77. The zero-order valence-corrected chi connectivity index (χ0v) is 14.7. The Balaban J connectivity index is 1.18. The first kappa shape index (κ1) is 15.6. The minimum Gasteiger partial charge on any atom is -0.355 e. The topological polar surface area (TPSA) is 59.8 Å². The van der Waals surface area contributed by atoms with E-state index in [-0.39, 0.29) is 11.8 Å². The number of carbonyl (C=O) groups is 1. The Labute approximate surface area is 152 Å². The van der Waals surface area contributed by atoms with E-state index in [0.29, 0.717) is 12.5 Å². The molecule has 5 heteroatoms. The normalized spacial score (nSPS) is 20.9. The maximum absolute atomic E-state index is 12.5. The molecule has 1 amide bonds. The van der Waals surface area contributed by atoms with Gasteiger partial charge in [0.1, 0.15) is 11.6 Å². The molecule has 3 aromatic rings. The molecule has 0 spiro atoms. The third-order valence-corrected chi connectivity index (χ3v) is 5.66. The number of rotatable bonds is 5. The van der Waals surface area contributed by atoms with Crippen molar-refractivity contribution < 1.29 is 4.79 Å². The van der Waals surface area contributed by atoms with E-state index in [1.165, 1.54) is 16.3 Å². The smallest absolute Gasteiger partial charge is 0.223 e. The van der Waals surface area contributed by atoms with Gasteiger partial charge >= 0.3 is 0 Å². The number of hydrogen-bond acceptors (Lipinski definition) is 3. The van der Waals surface area contributed by atoms with E-state index in [1.807, 2.05) is 0 Å². The van der Waals surface area contributed by atoms with Crippen molar-refractivity contribution in [1.29, 1.82) is 0 Å². The predicted molar refractivity (Wildman–Crippen MR) is 99.9 cm³/mol. The maximum atomic E-state index is 12.5. The molecular weight excluding hydrogens is 324 g/mol. The van der Waals surface area contributed by atoms with E-state index in [9.17, 15) is 4.79 Å². The van der Waals surface area contributed by atoms with Crippen molar-refractivity contribution in [2.75, 3.05) is 6.54 Å². The summed E-state index contributed by atoms with van der Waals surface area (Å²) in [5.41, 5.74) is 1.28. The number of nitrogens with zero attached hydrogens (tertiary/aromatic N) is 3. The van der Waals surface area contributed by atoms with Crippen molar-refractivity contribution in [2.45, 2.75) is 38.1 Å². The summed E-state index contributed by atoms with van der Waals surface area (Å²) >= 11 is 0. The monoisotopic (exact) mass is 346 g/mol. The molecule has 0 saturated heterocycles. The summed E-state index contributed by atoms with van der Waals surface area (Å²) in [4.78, 5) is 12.5. The van der Waals surface area contributed by atoms with Gasteiger partial charge in [-0.05, 0) is 35.1 Å². The second-order valence-electron chi connectivity index (χ2n) is 7.38. The number of amides is 1.